The van der Waals surface area contributed by atoms with Gasteiger partial charge < -0.3 is 4.57 Å². The van der Waals surface area contributed by atoms with E-state index >= 15 is 0 Å². The minimum atomic E-state index is -0.214. The fourth-order valence-electron chi connectivity index (χ4n) is 3.14. The topological polar surface area (TPSA) is 78.5 Å². The van der Waals surface area contributed by atoms with Gasteiger partial charge in [0.05, 0.1) is 11.3 Å². The monoisotopic (exact) mass is 348 g/mol. The predicted molar refractivity (Wildman–Crippen MR) is 93.1 cm³/mol. The van der Waals surface area contributed by atoms with Gasteiger partial charge in [0.25, 0.3) is 5.56 Å². The van der Waals surface area contributed by atoms with Crippen LogP contribution in [0.15, 0.2) is 22.2 Å². The lowest BCUT2D eigenvalue weighted by Crippen LogP contribution is -2.19. The van der Waals surface area contributed by atoms with Crippen LogP contribution < -0.4 is 5.56 Å². The molecule has 0 bridgehead atoms. The van der Waals surface area contributed by atoms with Crippen LogP contribution in [0.3, 0.4) is 0 Å². The van der Waals surface area contributed by atoms with E-state index in [-0.39, 0.29) is 16.9 Å². The molecule has 0 N–H and O–H groups in total. The SMILES string of the molecule is CC(C)n1ccc(=O)nc1S[C@@H](C)c1nnnn1C1CCCCC1. The lowest BCUT2D eigenvalue weighted by atomic mass is 9.95. The van der Waals surface area contributed by atoms with E-state index in [0.29, 0.717) is 11.2 Å². The van der Waals surface area contributed by atoms with Crippen LogP contribution in [-0.4, -0.2) is 29.8 Å². The molecular formula is C16H24N6OS. The molecule has 0 unspecified atom stereocenters. The highest BCUT2D eigenvalue weighted by molar-refractivity contribution is 7.99. The molecular weight excluding hydrogens is 324 g/mol. The maximum atomic E-state index is 11.7. The summed E-state index contributed by atoms with van der Waals surface area (Å²) in [6.45, 7) is 6.22. The third kappa shape index (κ3) is 3.68. The second-order valence-corrected chi connectivity index (χ2v) is 7.89. The van der Waals surface area contributed by atoms with Crippen LogP contribution in [0.2, 0.25) is 0 Å². The second-order valence-electron chi connectivity index (χ2n) is 6.58. The number of aromatic nitrogens is 6. The van der Waals surface area contributed by atoms with Gasteiger partial charge in [-0.05, 0) is 44.0 Å². The lowest BCUT2D eigenvalue weighted by molar-refractivity contribution is 0.317. The Morgan fingerprint density at radius 2 is 1.96 bits per heavy atom. The van der Waals surface area contributed by atoms with Gasteiger partial charge in [0.2, 0.25) is 0 Å². The fraction of sp³-hybridized carbons (Fsp3) is 0.688. The van der Waals surface area contributed by atoms with Crippen LogP contribution in [-0.2, 0) is 0 Å². The predicted octanol–water partition coefficient (Wildman–Crippen LogP) is 3.17. The van der Waals surface area contributed by atoms with Crippen LogP contribution in [0.4, 0.5) is 0 Å². The van der Waals surface area contributed by atoms with Crippen molar-refractivity contribution in [2.24, 2.45) is 0 Å². The quantitative estimate of drug-likeness (QED) is 0.610. The van der Waals surface area contributed by atoms with Crippen molar-refractivity contribution in [2.75, 3.05) is 0 Å². The van der Waals surface area contributed by atoms with Gasteiger partial charge >= 0.3 is 0 Å². The Balaban J connectivity index is 1.83. The summed E-state index contributed by atoms with van der Waals surface area (Å²) < 4.78 is 3.99. The zero-order valence-corrected chi connectivity index (χ0v) is 15.2. The van der Waals surface area contributed by atoms with E-state index in [1.54, 1.807) is 6.20 Å². The third-order valence-corrected chi connectivity index (χ3v) is 5.52. The summed E-state index contributed by atoms with van der Waals surface area (Å²) in [5, 5.41) is 13.1. The molecule has 1 fully saturated rings. The zero-order valence-electron chi connectivity index (χ0n) is 14.4. The number of rotatable bonds is 5. The summed E-state index contributed by atoms with van der Waals surface area (Å²) in [5.74, 6) is 0.861. The Kier molecular flexibility index (Phi) is 5.33. The van der Waals surface area contributed by atoms with Crippen LogP contribution in [0.5, 0.6) is 0 Å². The van der Waals surface area contributed by atoms with Gasteiger partial charge in [-0.3, -0.25) is 4.79 Å². The molecule has 0 radical (unpaired) electrons. The lowest BCUT2D eigenvalue weighted by Gasteiger charge is -2.24. The molecule has 2 aromatic heterocycles. The van der Waals surface area contributed by atoms with Crippen molar-refractivity contribution < 1.29 is 0 Å². The molecule has 24 heavy (non-hydrogen) atoms. The molecule has 2 aromatic rings. The summed E-state index contributed by atoms with van der Waals surface area (Å²) in [6.07, 6.45) is 7.84. The average molecular weight is 348 g/mol. The zero-order chi connectivity index (χ0) is 17.1. The number of hydrogen-bond donors (Lipinski definition) is 0. The van der Waals surface area contributed by atoms with Crippen molar-refractivity contribution >= 4 is 11.8 Å². The molecule has 7 nitrogen and oxygen atoms in total. The Morgan fingerprint density at radius 1 is 1.21 bits per heavy atom. The standard InChI is InChI=1S/C16H24N6OS/c1-11(2)21-10-9-14(23)17-16(21)24-12(3)15-18-19-20-22(15)13-7-5-4-6-8-13/h9-13H,4-8H2,1-3H3/t12-/m0/s1. The number of hydrogen-bond acceptors (Lipinski definition) is 6. The Bertz CT molecular complexity index is 734. The third-order valence-electron chi connectivity index (χ3n) is 4.45. The van der Waals surface area contributed by atoms with Gasteiger partial charge in [0, 0.05) is 18.3 Å². The van der Waals surface area contributed by atoms with Gasteiger partial charge in [-0.15, -0.1) is 5.10 Å². The van der Waals surface area contributed by atoms with E-state index in [9.17, 15) is 4.79 Å². The minimum absolute atomic E-state index is 0.0289. The second kappa shape index (κ2) is 7.46. The van der Waals surface area contributed by atoms with Crippen LogP contribution in [0.25, 0.3) is 0 Å². The maximum absolute atomic E-state index is 11.7. The van der Waals surface area contributed by atoms with Crippen LogP contribution >= 0.6 is 11.8 Å². The van der Waals surface area contributed by atoms with E-state index in [0.717, 1.165) is 18.7 Å². The highest BCUT2D eigenvalue weighted by Gasteiger charge is 2.24. The molecule has 8 heteroatoms. The molecule has 0 aliphatic heterocycles. The molecule has 0 amide bonds. The summed E-state index contributed by atoms with van der Waals surface area (Å²) in [4.78, 5) is 15.8. The van der Waals surface area contributed by atoms with E-state index in [1.165, 1.54) is 37.1 Å². The number of tetrazole rings is 1. The van der Waals surface area contributed by atoms with Gasteiger partial charge in [-0.1, -0.05) is 31.0 Å². The van der Waals surface area contributed by atoms with E-state index in [2.05, 4.69) is 41.3 Å². The summed E-state index contributed by atoms with van der Waals surface area (Å²) in [7, 11) is 0. The van der Waals surface area contributed by atoms with Crippen molar-refractivity contribution in [3.8, 4) is 0 Å². The van der Waals surface area contributed by atoms with Crippen LogP contribution in [0, 0.1) is 0 Å². The van der Waals surface area contributed by atoms with Crippen molar-refractivity contribution in [3.63, 3.8) is 0 Å². The van der Waals surface area contributed by atoms with Crippen molar-refractivity contribution in [1.82, 2.24) is 29.8 Å². The first kappa shape index (κ1) is 17.1. The summed E-state index contributed by atoms with van der Waals surface area (Å²) in [5.41, 5.74) is -0.214. The molecule has 0 spiro atoms. The summed E-state index contributed by atoms with van der Waals surface area (Å²) in [6, 6.07) is 2.13. The maximum Gasteiger partial charge on any atom is 0.273 e. The molecule has 1 aliphatic carbocycles. The molecule has 2 heterocycles. The Labute approximate surface area is 145 Å². The first-order chi connectivity index (χ1) is 11.6. The molecule has 0 saturated heterocycles. The number of thioether (sulfide) groups is 1. The first-order valence-corrected chi connectivity index (χ1v) is 9.48. The largest absolute Gasteiger partial charge is 0.325 e. The molecule has 1 saturated carbocycles. The van der Waals surface area contributed by atoms with Gasteiger partial charge in [-0.25, -0.2) is 4.68 Å². The van der Waals surface area contributed by atoms with E-state index in [4.69, 9.17) is 0 Å². The molecule has 1 atom stereocenters. The van der Waals surface area contributed by atoms with Gasteiger partial charge in [0.1, 0.15) is 0 Å². The Hall–Kier alpha value is -1.70. The highest BCUT2D eigenvalue weighted by atomic mass is 32.2. The Morgan fingerprint density at radius 3 is 2.67 bits per heavy atom. The van der Waals surface area contributed by atoms with Crippen molar-refractivity contribution in [2.45, 2.75) is 75.4 Å². The van der Waals surface area contributed by atoms with E-state index < -0.39 is 0 Å². The average Bonchev–Trinajstić information content (AvgIpc) is 3.05. The molecule has 1 aliphatic rings. The normalized spacial score (nSPS) is 17.3. The fourth-order valence-corrected chi connectivity index (χ4v) is 4.25. The summed E-state index contributed by atoms with van der Waals surface area (Å²) >= 11 is 1.54. The minimum Gasteiger partial charge on any atom is -0.325 e. The van der Waals surface area contributed by atoms with Gasteiger partial charge in [-0.2, -0.15) is 4.98 Å². The van der Waals surface area contributed by atoms with Crippen molar-refractivity contribution in [1.29, 1.82) is 0 Å². The number of nitrogens with zero attached hydrogens (tertiary/aromatic N) is 6. The molecule has 0 aromatic carbocycles. The highest BCUT2D eigenvalue weighted by Crippen LogP contribution is 2.36. The van der Waals surface area contributed by atoms with Crippen molar-refractivity contribution in [3.05, 3.63) is 28.4 Å². The molecule has 3 rings (SSSR count). The van der Waals surface area contributed by atoms with Crippen LogP contribution in [0.1, 0.15) is 76.0 Å². The van der Waals surface area contributed by atoms with E-state index in [1.807, 2.05) is 9.25 Å². The van der Waals surface area contributed by atoms with Gasteiger partial charge in [0.15, 0.2) is 11.0 Å². The first-order valence-electron chi connectivity index (χ1n) is 8.60. The smallest absolute Gasteiger partial charge is 0.273 e. The molecule has 130 valence electrons.